The third-order valence-corrected chi connectivity index (χ3v) is 3.74. The molecular formula is C16H16Cl2N2O3. The fourth-order valence-corrected chi connectivity index (χ4v) is 2.62. The molecule has 1 unspecified atom stereocenters. The first-order valence-electron chi connectivity index (χ1n) is 7.02. The number of nitrogens with one attached hydrogen (secondary N) is 1. The number of hydrogen-bond acceptors (Lipinski definition) is 5. The quantitative estimate of drug-likeness (QED) is 0.773. The molecule has 1 heterocycles. The van der Waals surface area contributed by atoms with E-state index in [0.29, 0.717) is 33.6 Å². The van der Waals surface area contributed by atoms with Gasteiger partial charge in [-0.05, 0) is 31.2 Å². The summed E-state index contributed by atoms with van der Waals surface area (Å²) in [7, 11) is 0. The van der Waals surface area contributed by atoms with Gasteiger partial charge in [0.25, 0.3) is 0 Å². The number of carbonyl (C=O) groups is 1. The summed E-state index contributed by atoms with van der Waals surface area (Å²) in [5, 5.41) is 14.0. The molecule has 0 bridgehead atoms. The monoisotopic (exact) mass is 354 g/mol. The van der Waals surface area contributed by atoms with E-state index < -0.39 is 12.1 Å². The second kappa shape index (κ2) is 8.15. The van der Waals surface area contributed by atoms with Crippen LogP contribution in [0.15, 0.2) is 36.5 Å². The molecule has 0 aliphatic rings. The Morgan fingerprint density at radius 1 is 1.30 bits per heavy atom. The fourth-order valence-electron chi connectivity index (χ4n) is 1.97. The summed E-state index contributed by atoms with van der Waals surface area (Å²) >= 11 is 12.1. The van der Waals surface area contributed by atoms with E-state index in [1.807, 2.05) is 0 Å². The molecule has 5 nitrogen and oxygen atoms in total. The predicted molar refractivity (Wildman–Crippen MR) is 90.1 cm³/mol. The Balaban J connectivity index is 1.99. The van der Waals surface area contributed by atoms with Crippen LogP contribution in [0.5, 0.6) is 0 Å². The van der Waals surface area contributed by atoms with Gasteiger partial charge in [-0.1, -0.05) is 29.3 Å². The molecule has 0 fully saturated rings. The van der Waals surface area contributed by atoms with Crippen molar-refractivity contribution in [3.63, 3.8) is 0 Å². The van der Waals surface area contributed by atoms with Crippen LogP contribution in [-0.4, -0.2) is 29.2 Å². The molecule has 0 aliphatic heterocycles. The maximum atomic E-state index is 11.5. The van der Waals surface area contributed by atoms with Crippen molar-refractivity contribution < 1.29 is 14.6 Å². The average molecular weight is 355 g/mol. The molecule has 7 heteroatoms. The summed E-state index contributed by atoms with van der Waals surface area (Å²) in [6, 6.07) is 8.27. The number of benzene rings is 1. The highest BCUT2D eigenvalue weighted by molar-refractivity contribution is 6.36. The number of anilines is 1. The van der Waals surface area contributed by atoms with Gasteiger partial charge in [0, 0.05) is 28.4 Å². The number of aliphatic hydroxyl groups excluding tert-OH is 1. The van der Waals surface area contributed by atoms with Gasteiger partial charge in [-0.2, -0.15) is 0 Å². The van der Waals surface area contributed by atoms with Crippen molar-refractivity contribution in [2.45, 2.75) is 13.0 Å². The zero-order valence-electron chi connectivity index (χ0n) is 12.4. The summed E-state index contributed by atoms with van der Waals surface area (Å²) in [6.45, 7) is 2.22. The first kappa shape index (κ1) is 17.5. The highest BCUT2D eigenvalue weighted by Gasteiger charge is 2.15. The van der Waals surface area contributed by atoms with Crippen LogP contribution in [-0.2, 0) is 4.74 Å². The Labute approximate surface area is 144 Å². The van der Waals surface area contributed by atoms with Crippen LogP contribution in [0.2, 0.25) is 10.0 Å². The second-order valence-electron chi connectivity index (χ2n) is 4.68. The molecular weight excluding hydrogens is 339 g/mol. The van der Waals surface area contributed by atoms with E-state index in [0.717, 1.165) is 0 Å². The third-order valence-electron chi connectivity index (χ3n) is 3.08. The van der Waals surface area contributed by atoms with Crippen molar-refractivity contribution in [3.8, 4) is 0 Å². The minimum Gasteiger partial charge on any atom is -0.462 e. The Morgan fingerprint density at radius 2 is 2.00 bits per heavy atom. The highest BCUT2D eigenvalue weighted by atomic mass is 35.5. The Bertz CT molecular complexity index is 657. The van der Waals surface area contributed by atoms with Crippen LogP contribution in [0.4, 0.5) is 5.82 Å². The van der Waals surface area contributed by atoms with Crippen molar-refractivity contribution in [2.24, 2.45) is 0 Å². The van der Waals surface area contributed by atoms with Crippen molar-refractivity contribution in [3.05, 3.63) is 57.7 Å². The van der Waals surface area contributed by atoms with Crippen LogP contribution in [0.1, 0.15) is 28.9 Å². The maximum Gasteiger partial charge on any atom is 0.339 e. The van der Waals surface area contributed by atoms with Gasteiger partial charge in [0.15, 0.2) is 0 Å². The molecule has 2 rings (SSSR count). The molecule has 0 amide bonds. The van der Waals surface area contributed by atoms with Gasteiger partial charge in [-0.15, -0.1) is 0 Å². The predicted octanol–water partition coefficient (Wildman–Crippen LogP) is 3.71. The summed E-state index contributed by atoms with van der Waals surface area (Å²) in [6.07, 6.45) is 0.526. The summed E-state index contributed by atoms with van der Waals surface area (Å²) in [5.74, 6) is 0.0923. The Hall–Kier alpha value is -1.82. The summed E-state index contributed by atoms with van der Waals surface area (Å²) in [5.41, 5.74) is 0.832. The molecule has 0 saturated carbocycles. The number of carbonyl (C=O) groups excluding carboxylic acids is 1. The molecule has 0 spiro atoms. The SMILES string of the molecule is CCOC(=O)c1ccc(NCC(O)c2c(Cl)cccc2Cl)nc1. The molecule has 2 N–H and O–H groups in total. The lowest BCUT2D eigenvalue weighted by atomic mass is 10.1. The lowest BCUT2D eigenvalue weighted by molar-refractivity contribution is 0.0526. The smallest absolute Gasteiger partial charge is 0.339 e. The van der Waals surface area contributed by atoms with E-state index in [-0.39, 0.29) is 6.54 Å². The van der Waals surface area contributed by atoms with Crippen LogP contribution in [0.3, 0.4) is 0 Å². The Morgan fingerprint density at radius 3 is 2.57 bits per heavy atom. The normalized spacial score (nSPS) is 11.8. The molecule has 1 aromatic heterocycles. The zero-order chi connectivity index (χ0) is 16.8. The average Bonchev–Trinajstić information content (AvgIpc) is 2.53. The van der Waals surface area contributed by atoms with E-state index in [2.05, 4.69) is 10.3 Å². The molecule has 1 atom stereocenters. The first-order chi connectivity index (χ1) is 11.0. The van der Waals surface area contributed by atoms with E-state index >= 15 is 0 Å². The Kier molecular flexibility index (Phi) is 6.21. The van der Waals surface area contributed by atoms with Gasteiger partial charge in [-0.25, -0.2) is 9.78 Å². The number of rotatable bonds is 6. The number of nitrogens with zero attached hydrogens (tertiary/aromatic N) is 1. The van der Waals surface area contributed by atoms with Crippen LogP contribution >= 0.6 is 23.2 Å². The first-order valence-corrected chi connectivity index (χ1v) is 7.77. The van der Waals surface area contributed by atoms with Crippen LogP contribution < -0.4 is 5.32 Å². The fraction of sp³-hybridized carbons (Fsp3) is 0.250. The van der Waals surface area contributed by atoms with Crippen molar-refractivity contribution >= 4 is 35.0 Å². The minimum atomic E-state index is -0.886. The standard InChI is InChI=1S/C16H16Cl2N2O3/c1-2-23-16(22)10-6-7-14(19-8-10)20-9-13(21)15-11(17)4-3-5-12(15)18/h3-8,13,21H,2,9H2,1H3,(H,19,20). The number of hydrogen-bond donors (Lipinski definition) is 2. The minimum absolute atomic E-state index is 0.176. The second-order valence-corrected chi connectivity index (χ2v) is 5.50. The van der Waals surface area contributed by atoms with Crippen LogP contribution in [0, 0.1) is 0 Å². The van der Waals surface area contributed by atoms with E-state index in [4.69, 9.17) is 27.9 Å². The number of ether oxygens (including phenoxy) is 1. The van der Waals surface area contributed by atoms with Gasteiger partial charge in [0.05, 0.1) is 18.3 Å². The number of halogens is 2. The number of aliphatic hydroxyl groups is 1. The lowest BCUT2D eigenvalue weighted by Gasteiger charge is -2.15. The van der Waals surface area contributed by atoms with Crippen molar-refractivity contribution in [1.82, 2.24) is 4.98 Å². The van der Waals surface area contributed by atoms with Crippen LogP contribution in [0.25, 0.3) is 0 Å². The van der Waals surface area contributed by atoms with E-state index in [1.54, 1.807) is 37.3 Å². The zero-order valence-corrected chi connectivity index (χ0v) is 13.9. The van der Waals surface area contributed by atoms with Gasteiger partial charge >= 0.3 is 5.97 Å². The number of aromatic nitrogens is 1. The molecule has 0 aliphatic carbocycles. The number of esters is 1. The third kappa shape index (κ3) is 4.58. The van der Waals surface area contributed by atoms with E-state index in [1.165, 1.54) is 6.20 Å². The summed E-state index contributed by atoms with van der Waals surface area (Å²) < 4.78 is 4.88. The topological polar surface area (TPSA) is 71.5 Å². The highest BCUT2D eigenvalue weighted by Crippen LogP contribution is 2.30. The van der Waals surface area contributed by atoms with E-state index in [9.17, 15) is 9.90 Å². The molecule has 1 aromatic carbocycles. The van der Waals surface area contributed by atoms with Crippen molar-refractivity contribution in [1.29, 1.82) is 0 Å². The number of pyridine rings is 1. The largest absolute Gasteiger partial charge is 0.462 e. The molecule has 0 radical (unpaired) electrons. The molecule has 0 saturated heterocycles. The molecule has 122 valence electrons. The van der Waals surface area contributed by atoms with Crippen molar-refractivity contribution in [2.75, 3.05) is 18.5 Å². The lowest BCUT2D eigenvalue weighted by Crippen LogP contribution is -2.14. The van der Waals surface area contributed by atoms with Gasteiger partial charge in [0.2, 0.25) is 0 Å². The van der Waals surface area contributed by atoms with Gasteiger partial charge in [0.1, 0.15) is 5.82 Å². The molecule has 23 heavy (non-hydrogen) atoms. The summed E-state index contributed by atoms with van der Waals surface area (Å²) in [4.78, 5) is 15.6. The van der Waals surface area contributed by atoms with Gasteiger partial charge in [-0.3, -0.25) is 0 Å². The maximum absolute atomic E-state index is 11.5. The van der Waals surface area contributed by atoms with Gasteiger partial charge < -0.3 is 15.2 Å². The molecule has 2 aromatic rings.